The smallest absolute Gasteiger partial charge is 0.130 e. The van der Waals surface area contributed by atoms with Crippen LogP contribution in [0.25, 0.3) is 0 Å². The van der Waals surface area contributed by atoms with Crippen molar-refractivity contribution in [3.63, 3.8) is 0 Å². The Morgan fingerprint density at radius 1 is 1.04 bits per heavy atom. The second-order valence-electron chi connectivity index (χ2n) is 6.63. The van der Waals surface area contributed by atoms with E-state index in [2.05, 4.69) is 33.8 Å². The zero-order chi connectivity index (χ0) is 17.7. The first-order valence-electron chi connectivity index (χ1n) is 8.14. The second-order valence-corrected chi connectivity index (χ2v) is 6.63. The first-order valence-corrected chi connectivity index (χ1v) is 8.14. The first kappa shape index (κ1) is 17.6. The maximum Gasteiger partial charge on any atom is 0.130 e. The van der Waals surface area contributed by atoms with E-state index >= 15 is 0 Å². The van der Waals surface area contributed by atoms with Gasteiger partial charge < -0.3 is 4.74 Å². The Morgan fingerprint density at radius 3 is 2.33 bits per heavy atom. The average Bonchev–Trinajstić information content (AvgIpc) is 2.61. The molecule has 0 saturated carbocycles. The van der Waals surface area contributed by atoms with Crippen molar-refractivity contribution in [1.29, 1.82) is 10.5 Å². The topological polar surface area (TPSA) is 56.8 Å². The first-order chi connectivity index (χ1) is 11.4. The van der Waals surface area contributed by atoms with Crippen LogP contribution in [-0.2, 0) is 0 Å². The number of hydrogen-bond acceptors (Lipinski definition) is 3. The number of benzene rings is 2. The van der Waals surface area contributed by atoms with E-state index in [4.69, 9.17) is 15.3 Å². The molecule has 122 valence electrons. The molecule has 0 saturated heterocycles. The molecule has 0 radical (unpaired) electrons. The number of nitrogens with zero attached hydrogens (tertiary/aromatic N) is 2. The molecular weight excluding hydrogens is 296 g/mol. The third kappa shape index (κ3) is 3.58. The minimum atomic E-state index is 0.155. The fraction of sp³-hybridized carbons (Fsp3) is 0.333. The van der Waals surface area contributed by atoms with E-state index in [1.165, 1.54) is 0 Å². The van der Waals surface area contributed by atoms with Gasteiger partial charge in [0, 0.05) is 0 Å². The lowest BCUT2D eigenvalue weighted by atomic mass is 9.74. The summed E-state index contributed by atoms with van der Waals surface area (Å²) in [6.07, 6.45) is 1.07. The van der Waals surface area contributed by atoms with Crippen LogP contribution in [0, 0.1) is 28.1 Å². The van der Waals surface area contributed by atoms with Crippen molar-refractivity contribution in [3.8, 4) is 23.6 Å². The fourth-order valence-corrected chi connectivity index (χ4v) is 2.56. The Morgan fingerprint density at radius 2 is 1.71 bits per heavy atom. The molecule has 24 heavy (non-hydrogen) atoms. The molecular formula is C21H22N2O. The summed E-state index contributed by atoms with van der Waals surface area (Å²) in [5.74, 6) is 1.69. The van der Waals surface area contributed by atoms with Gasteiger partial charge in [0.2, 0.25) is 0 Å². The van der Waals surface area contributed by atoms with Gasteiger partial charge in [0.25, 0.3) is 0 Å². The summed E-state index contributed by atoms with van der Waals surface area (Å²) in [6, 6.07) is 17.0. The van der Waals surface area contributed by atoms with Gasteiger partial charge in [0.05, 0.1) is 11.1 Å². The maximum atomic E-state index is 9.16. The molecule has 2 aromatic carbocycles. The third-order valence-electron chi connectivity index (χ3n) is 4.93. The van der Waals surface area contributed by atoms with Gasteiger partial charge in [-0.3, -0.25) is 0 Å². The Kier molecular flexibility index (Phi) is 5.27. The van der Waals surface area contributed by atoms with Crippen LogP contribution in [-0.4, -0.2) is 0 Å². The number of ether oxygens (including phenoxy) is 1. The van der Waals surface area contributed by atoms with E-state index < -0.39 is 0 Å². The molecule has 0 N–H and O–H groups in total. The lowest BCUT2D eigenvalue weighted by Crippen LogP contribution is -2.19. The van der Waals surface area contributed by atoms with E-state index in [9.17, 15) is 0 Å². The van der Waals surface area contributed by atoms with Gasteiger partial charge >= 0.3 is 0 Å². The van der Waals surface area contributed by atoms with Gasteiger partial charge in [0.15, 0.2) is 0 Å². The molecule has 3 heteroatoms. The third-order valence-corrected chi connectivity index (χ3v) is 4.93. The van der Waals surface area contributed by atoms with Gasteiger partial charge in [-0.1, -0.05) is 52.3 Å². The van der Waals surface area contributed by atoms with E-state index in [-0.39, 0.29) is 5.41 Å². The van der Waals surface area contributed by atoms with Crippen LogP contribution in [0.15, 0.2) is 42.5 Å². The summed E-state index contributed by atoms with van der Waals surface area (Å²) in [7, 11) is 0. The zero-order valence-electron chi connectivity index (χ0n) is 14.6. The highest BCUT2D eigenvalue weighted by molar-refractivity contribution is 5.50. The highest BCUT2D eigenvalue weighted by Crippen LogP contribution is 2.42. The largest absolute Gasteiger partial charge is 0.457 e. The molecule has 1 unspecified atom stereocenters. The van der Waals surface area contributed by atoms with Crippen molar-refractivity contribution >= 4 is 0 Å². The van der Waals surface area contributed by atoms with Gasteiger partial charge in [0.1, 0.15) is 23.6 Å². The van der Waals surface area contributed by atoms with Crippen molar-refractivity contribution in [1.82, 2.24) is 0 Å². The van der Waals surface area contributed by atoms with Gasteiger partial charge in [-0.15, -0.1) is 0 Å². The minimum absolute atomic E-state index is 0.155. The molecule has 0 aliphatic rings. The Hall–Kier alpha value is -2.78. The van der Waals surface area contributed by atoms with Crippen molar-refractivity contribution in [3.05, 3.63) is 59.2 Å². The van der Waals surface area contributed by atoms with Crippen molar-refractivity contribution in [2.45, 2.75) is 40.0 Å². The van der Waals surface area contributed by atoms with Gasteiger partial charge in [-0.05, 0) is 41.2 Å². The molecule has 3 nitrogen and oxygen atoms in total. The molecule has 0 aliphatic heterocycles. The van der Waals surface area contributed by atoms with Crippen molar-refractivity contribution < 1.29 is 4.74 Å². The molecule has 0 fully saturated rings. The lowest BCUT2D eigenvalue weighted by molar-refractivity contribution is 0.284. The summed E-state index contributed by atoms with van der Waals surface area (Å²) in [5.41, 5.74) is 1.99. The van der Waals surface area contributed by atoms with E-state index in [0.717, 1.165) is 17.7 Å². The van der Waals surface area contributed by atoms with Gasteiger partial charge in [-0.25, -0.2) is 0 Å². The maximum absolute atomic E-state index is 9.16. The van der Waals surface area contributed by atoms with E-state index in [1.54, 1.807) is 18.2 Å². The standard InChI is InChI=1S/C21H22N2O/c1-5-21(3,4)15(2)19-8-6-7-9-20(19)24-18-11-10-16(13-22)17(12-18)14-23/h6-12,15H,5H2,1-4H3. The monoisotopic (exact) mass is 318 g/mol. The van der Waals surface area contributed by atoms with Crippen molar-refractivity contribution in [2.24, 2.45) is 5.41 Å². The summed E-state index contributed by atoms with van der Waals surface area (Å²) >= 11 is 0. The molecule has 2 rings (SSSR count). The predicted molar refractivity (Wildman–Crippen MR) is 94.9 cm³/mol. The molecule has 0 aromatic heterocycles. The van der Waals surface area contributed by atoms with Gasteiger partial charge in [-0.2, -0.15) is 10.5 Å². The van der Waals surface area contributed by atoms with Crippen LogP contribution >= 0.6 is 0 Å². The molecule has 2 aromatic rings. The predicted octanol–water partition coefficient (Wildman–Crippen LogP) is 5.76. The second kappa shape index (κ2) is 7.20. The molecule has 0 amide bonds. The number of rotatable bonds is 5. The van der Waals surface area contributed by atoms with Crippen LogP contribution in [0.4, 0.5) is 0 Å². The molecule has 1 atom stereocenters. The van der Waals surface area contributed by atoms with Crippen LogP contribution in [0.2, 0.25) is 0 Å². The lowest BCUT2D eigenvalue weighted by Gasteiger charge is -2.32. The Bertz CT molecular complexity index is 809. The number of hydrogen-bond donors (Lipinski definition) is 0. The SMILES string of the molecule is CCC(C)(C)C(C)c1ccccc1Oc1ccc(C#N)c(C#N)c1. The van der Waals surface area contributed by atoms with E-state index in [1.807, 2.05) is 30.3 Å². The highest BCUT2D eigenvalue weighted by atomic mass is 16.5. The highest BCUT2D eigenvalue weighted by Gasteiger charge is 2.27. The minimum Gasteiger partial charge on any atom is -0.457 e. The molecule has 0 spiro atoms. The number of para-hydroxylation sites is 1. The Labute approximate surface area is 144 Å². The molecule has 0 bridgehead atoms. The molecule has 0 aliphatic carbocycles. The summed E-state index contributed by atoms with van der Waals surface area (Å²) < 4.78 is 6.05. The number of nitriles is 2. The summed E-state index contributed by atoms with van der Waals surface area (Å²) in [4.78, 5) is 0. The zero-order valence-corrected chi connectivity index (χ0v) is 14.6. The summed E-state index contributed by atoms with van der Waals surface area (Å²) in [5, 5.41) is 18.2. The van der Waals surface area contributed by atoms with Crippen LogP contribution in [0.3, 0.4) is 0 Å². The normalized spacial score (nSPS) is 12.1. The molecule has 0 heterocycles. The average molecular weight is 318 g/mol. The van der Waals surface area contributed by atoms with Crippen molar-refractivity contribution in [2.75, 3.05) is 0 Å². The quantitative estimate of drug-likeness (QED) is 0.704. The summed E-state index contributed by atoms with van der Waals surface area (Å²) in [6.45, 7) is 8.92. The van der Waals surface area contributed by atoms with E-state index in [0.29, 0.717) is 22.8 Å². The fourth-order valence-electron chi connectivity index (χ4n) is 2.56. The van der Waals surface area contributed by atoms with Crippen LogP contribution in [0.5, 0.6) is 11.5 Å². The van der Waals surface area contributed by atoms with Crippen LogP contribution in [0.1, 0.15) is 56.7 Å². The Balaban J connectivity index is 2.39. The van der Waals surface area contributed by atoms with Crippen LogP contribution < -0.4 is 4.74 Å².